The Morgan fingerprint density at radius 1 is 1.13 bits per heavy atom. The van der Waals surface area contributed by atoms with Gasteiger partial charge in [0, 0.05) is 18.2 Å². The molecule has 0 N–H and O–H groups in total. The molecule has 1 aromatic carbocycles. The average Bonchev–Trinajstić information content (AvgIpc) is 2.16. The highest BCUT2D eigenvalue weighted by Crippen LogP contribution is 2.15. The molecule has 1 rings (SSSR count). The van der Waals surface area contributed by atoms with E-state index in [1.54, 1.807) is 0 Å². The zero-order valence-electron chi connectivity index (χ0n) is 8.51. The van der Waals surface area contributed by atoms with Gasteiger partial charge in [-0.3, -0.25) is 0 Å². The molecule has 0 fully saturated rings. The van der Waals surface area contributed by atoms with Gasteiger partial charge in [0.15, 0.2) is 0 Å². The van der Waals surface area contributed by atoms with E-state index in [9.17, 15) is 8.78 Å². The second-order valence-electron chi connectivity index (χ2n) is 3.24. The average molecular weight is 212 g/mol. The number of ether oxygens (including phenoxy) is 1. The summed E-state index contributed by atoms with van der Waals surface area (Å²) in [6.45, 7) is 4.07. The maximum absolute atomic E-state index is 12.7. The lowest BCUT2D eigenvalue weighted by atomic mass is 10.2. The Morgan fingerprint density at radius 2 is 1.80 bits per heavy atom. The number of hydrogen-bond donors (Lipinski definition) is 0. The Kier molecular flexibility index (Phi) is 4.81. The summed E-state index contributed by atoms with van der Waals surface area (Å²) in [4.78, 5) is 0. The Balaban J connectivity index is 2.33. The van der Waals surface area contributed by atoms with Gasteiger partial charge in [-0.2, -0.15) is 0 Å². The minimum absolute atomic E-state index is 0.242. The predicted octanol–water partition coefficient (Wildman–Crippen LogP) is 3.70. The molecule has 0 spiro atoms. The summed E-state index contributed by atoms with van der Waals surface area (Å²) in [6, 6.07) is 3.18. The van der Waals surface area contributed by atoms with Crippen molar-refractivity contribution in [2.75, 3.05) is 6.61 Å². The monoisotopic (exact) mass is 212 g/mol. The molecule has 82 valence electrons. The number of hydrogen-bond acceptors (Lipinski definition) is 1. The summed E-state index contributed by atoms with van der Waals surface area (Å²) in [5, 5.41) is 0. The van der Waals surface area contributed by atoms with E-state index in [1.165, 1.54) is 12.1 Å². The molecule has 0 aromatic heterocycles. The van der Waals surface area contributed by atoms with Crippen molar-refractivity contribution in [1.82, 2.24) is 0 Å². The first-order valence-corrected chi connectivity index (χ1v) is 4.92. The van der Waals surface area contributed by atoms with Gasteiger partial charge in [-0.05, 0) is 19.3 Å². The third kappa shape index (κ3) is 4.58. The van der Waals surface area contributed by atoms with Gasteiger partial charge in [-0.15, -0.1) is 6.58 Å². The second kappa shape index (κ2) is 6.17. The summed E-state index contributed by atoms with van der Waals surface area (Å²) in [6.07, 6.45) is 4.59. The predicted molar refractivity (Wildman–Crippen MR) is 55.9 cm³/mol. The number of allylic oxidation sites excluding steroid dienone is 1. The molecule has 0 aliphatic carbocycles. The van der Waals surface area contributed by atoms with Gasteiger partial charge in [0.1, 0.15) is 17.4 Å². The lowest BCUT2D eigenvalue weighted by Gasteiger charge is -2.05. The second-order valence-corrected chi connectivity index (χ2v) is 3.24. The summed E-state index contributed by atoms with van der Waals surface area (Å²) in [5.41, 5.74) is 0. The molecular formula is C12H14F2O. The number of benzene rings is 1. The lowest BCUT2D eigenvalue weighted by molar-refractivity contribution is 0.304. The fourth-order valence-electron chi connectivity index (χ4n) is 1.19. The van der Waals surface area contributed by atoms with Gasteiger partial charge >= 0.3 is 0 Å². The molecule has 0 amide bonds. The topological polar surface area (TPSA) is 9.23 Å². The van der Waals surface area contributed by atoms with Crippen LogP contribution in [0.2, 0.25) is 0 Å². The van der Waals surface area contributed by atoms with E-state index >= 15 is 0 Å². The van der Waals surface area contributed by atoms with Crippen LogP contribution in [0.25, 0.3) is 0 Å². The van der Waals surface area contributed by atoms with Gasteiger partial charge < -0.3 is 4.74 Å². The number of unbranched alkanes of at least 4 members (excludes halogenated alkanes) is 2. The fourth-order valence-corrected chi connectivity index (χ4v) is 1.19. The molecule has 15 heavy (non-hydrogen) atoms. The summed E-state index contributed by atoms with van der Waals surface area (Å²) in [7, 11) is 0. The van der Waals surface area contributed by atoms with E-state index in [2.05, 4.69) is 6.58 Å². The van der Waals surface area contributed by atoms with Crippen LogP contribution in [0.5, 0.6) is 5.75 Å². The van der Waals surface area contributed by atoms with Gasteiger partial charge in [-0.25, -0.2) is 8.78 Å². The van der Waals surface area contributed by atoms with Crippen LogP contribution in [0.1, 0.15) is 19.3 Å². The lowest BCUT2D eigenvalue weighted by Crippen LogP contribution is -1.97. The maximum Gasteiger partial charge on any atom is 0.129 e. The molecule has 0 atom stereocenters. The summed E-state index contributed by atoms with van der Waals surface area (Å²) in [5.74, 6) is -0.988. The number of rotatable bonds is 6. The van der Waals surface area contributed by atoms with Crippen LogP contribution in [0.15, 0.2) is 30.9 Å². The smallest absolute Gasteiger partial charge is 0.129 e. The van der Waals surface area contributed by atoms with E-state index in [1.807, 2.05) is 6.08 Å². The quantitative estimate of drug-likeness (QED) is 0.516. The van der Waals surface area contributed by atoms with E-state index in [4.69, 9.17) is 4.74 Å². The third-order valence-corrected chi connectivity index (χ3v) is 1.91. The summed E-state index contributed by atoms with van der Waals surface area (Å²) >= 11 is 0. The van der Waals surface area contributed by atoms with E-state index < -0.39 is 11.6 Å². The maximum atomic E-state index is 12.7. The van der Waals surface area contributed by atoms with Crippen molar-refractivity contribution in [3.05, 3.63) is 42.5 Å². The van der Waals surface area contributed by atoms with Gasteiger partial charge in [-0.1, -0.05) is 6.08 Å². The van der Waals surface area contributed by atoms with Gasteiger partial charge in [0.25, 0.3) is 0 Å². The molecule has 1 aromatic rings. The number of halogens is 2. The molecule has 0 saturated carbocycles. The van der Waals surface area contributed by atoms with Crippen molar-refractivity contribution in [2.45, 2.75) is 19.3 Å². The zero-order valence-corrected chi connectivity index (χ0v) is 8.51. The first-order chi connectivity index (χ1) is 7.22. The Hall–Kier alpha value is -1.38. The highest BCUT2D eigenvalue weighted by Gasteiger charge is 2.00. The molecule has 0 heterocycles. The molecule has 0 aliphatic heterocycles. The molecule has 3 heteroatoms. The molecule has 1 nitrogen and oxygen atoms in total. The molecule has 0 radical (unpaired) electrons. The van der Waals surface area contributed by atoms with Crippen molar-refractivity contribution in [3.63, 3.8) is 0 Å². The first-order valence-electron chi connectivity index (χ1n) is 4.92. The van der Waals surface area contributed by atoms with Crippen LogP contribution in [0.3, 0.4) is 0 Å². The van der Waals surface area contributed by atoms with Crippen molar-refractivity contribution < 1.29 is 13.5 Å². The van der Waals surface area contributed by atoms with E-state index in [0.717, 1.165) is 25.3 Å². The Bertz CT molecular complexity index is 303. The summed E-state index contributed by atoms with van der Waals surface area (Å²) < 4.78 is 30.6. The van der Waals surface area contributed by atoms with Crippen LogP contribution < -0.4 is 4.74 Å². The van der Waals surface area contributed by atoms with Crippen molar-refractivity contribution in [3.8, 4) is 5.75 Å². The standard InChI is InChI=1S/C12H14F2O/c1-2-3-4-5-6-15-12-8-10(13)7-11(14)9-12/h2,7-9H,1,3-6H2. The van der Waals surface area contributed by atoms with Crippen LogP contribution in [-0.2, 0) is 0 Å². The highest BCUT2D eigenvalue weighted by molar-refractivity contribution is 5.23. The molecule has 0 saturated heterocycles. The molecular weight excluding hydrogens is 198 g/mol. The third-order valence-electron chi connectivity index (χ3n) is 1.91. The Labute approximate surface area is 88.4 Å². The van der Waals surface area contributed by atoms with Crippen LogP contribution in [0.4, 0.5) is 8.78 Å². The first kappa shape index (κ1) is 11.7. The normalized spacial score (nSPS) is 10.0. The van der Waals surface area contributed by atoms with Crippen LogP contribution >= 0.6 is 0 Å². The Morgan fingerprint density at radius 3 is 2.40 bits per heavy atom. The van der Waals surface area contributed by atoms with E-state index in [-0.39, 0.29) is 5.75 Å². The van der Waals surface area contributed by atoms with Gasteiger partial charge in [0.2, 0.25) is 0 Å². The van der Waals surface area contributed by atoms with E-state index in [0.29, 0.717) is 6.61 Å². The van der Waals surface area contributed by atoms with Crippen LogP contribution in [-0.4, -0.2) is 6.61 Å². The van der Waals surface area contributed by atoms with Crippen molar-refractivity contribution >= 4 is 0 Å². The molecule has 0 unspecified atom stereocenters. The minimum atomic E-state index is -0.615. The van der Waals surface area contributed by atoms with Crippen molar-refractivity contribution in [2.24, 2.45) is 0 Å². The molecule has 0 bridgehead atoms. The molecule has 0 aliphatic rings. The minimum Gasteiger partial charge on any atom is -0.493 e. The fraction of sp³-hybridized carbons (Fsp3) is 0.333. The van der Waals surface area contributed by atoms with Crippen molar-refractivity contribution in [1.29, 1.82) is 0 Å². The largest absolute Gasteiger partial charge is 0.493 e. The zero-order chi connectivity index (χ0) is 11.1. The van der Waals surface area contributed by atoms with Crippen LogP contribution in [0, 0.1) is 11.6 Å². The van der Waals surface area contributed by atoms with Gasteiger partial charge in [0.05, 0.1) is 6.61 Å². The highest BCUT2D eigenvalue weighted by atomic mass is 19.1. The SMILES string of the molecule is C=CCCCCOc1cc(F)cc(F)c1.